The second-order valence-electron chi connectivity index (χ2n) is 7.95. The van der Waals surface area contributed by atoms with E-state index in [0.29, 0.717) is 23.0 Å². The number of anilines is 1. The van der Waals surface area contributed by atoms with Gasteiger partial charge in [-0.1, -0.05) is 11.6 Å². The fraction of sp³-hybridized carbons (Fsp3) is 0.348. The summed E-state index contributed by atoms with van der Waals surface area (Å²) in [5.74, 6) is 0.566. The minimum absolute atomic E-state index is 0.0146. The van der Waals surface area contributed by atoms with E-state index in [-0.39, 0.29) is 17.5 Å². The summed E-state index contributed by atoms with van der Waals surface area (Å²) in [5.41, 5.74) is 3.03. The number of rotatable bonds is 4. The molecule has 0 bridgehead atoms. The zero-order valence-corrected chi connectivity index (χ0v) is 17.8. The van der Waals surface area contributed by atoms with Gasteiger partial charge in [0.2, 0.25) is 5.91 Å². The van der Waals surface area contributed by atoms with Crippen molar-refractivity contribution in [3.05, 3.63) is 68.7 Å². The molecule has 6 nitrogen and oxygen atoms in total. The zero-order chi connectivity index (χ0) is 21.3. The summed E-state index contributed by atoms with van der Waals surface area (Å²) in [4.78, 5) is 31.1. The average molecular weight is 426 g/mol. The van der Waals surface area contributed by atoms with Gasteiger partial charge in [-0.3, -0.25) is 9.69 Å². The molecule has 4 rings (SSSR count). The van der Waals surface area contributed by atoms with Crippen LogP contribution in [0.15, 0.2) is 45.7 Å². The number of benzene rings is 1. The molecule has 156 valence electrons. The van der Waals surface area contributed by atoms with Crippen LogP contribution in [0.1, 0.15) is 29.5 Å². The molecular weight excluding hydrogens is 402 g/mol. The third-order valence-corrected chi connectivity index (χ3v) is 6.04. The Morgan fingerprint density at radius 2 is 2.00 bits per heavy atom. The van der Waals surface area contributed by atoms with Crippen molar-refractivity contribution in [2.24, 2.45) is 5.92 Å². The molecule has 1 fully saturated rings. The van der Waals surface area contributed by atoms with Gasteiger partial charge in [0, 0.05) is 35.1 Å². The maximum absolute atomic E-state index is 12.6. The average Bonchev–Trinajstić information content (AvgIpc) is 2.70. The Hall–Kier alpha value is -2.70. The molecule has 0 radical (unpaired) electrons. The van der Waals surface area contributed by atoms with Crippen LogP contribution >= 0.6 is 11.6 Å². The molecule has 1 aliphatic rings. The molecule has 0 aliphatic carbocycles. The fourth-order valence-corrected chi connectivity index (χ4v) is 4.07. The quantitative estimate of drug-likeness (QED) is 0.630. The molecule has 1 saturated heterocycles. The number of hydrogen-bond donors (Lipinski definition) is 1. The van der Waals surface area contributed by atoms with E-state index in [1.54, 1.807) is 12.3 Å². The first-order chi connectivity index (χ1) is 14.4. The van der Waals surface area contributed by atoms with Crippen molar-refractivity contribution in [1.82, 2.24) is 9.88 Å². The molecule has 3 aromatic rings. The van der Waals surface area contributed by atoms with Crippen LogP contribution in [-0.4, -0.2) is 28.9 Å². The van der Waals surface area contributed by atoms with Crippen LogP contribution in [0.25, 0.3) is 11.0 Å². The summed E-state index contributed by atoms with van der Waals surface area (Å²) in [6.45, 7) is 6.03. The summed E-state index contributed by atoms with van der Waals surface area (Å²) < 4.78 is 5.35. The van der Waals surface area contributed by atoms with Crippen molar-refractivity contribution in [2.45, 2.75) is 33.2 Å². The lowest BCUT2D eigenvalue weighted by Crippen LogP contribution is -2.38. The predicted molar refractivity (Wildman–Crippen MR) is 118 cm³/mol. The van der Waals surface area contributed by atoms with Gasteiger partial charge in [-0.05, 0) is 80.7 Å². The van der Waals surface area contributed by atoms with Gasteiger partial charge in [-0.15, -0.1) is 0 Å². The second kappa shape index (κ2) is 8.58. The minimum atomic E-state index is -0.362. The molecule has 7 heteroatoms. The summed E-state index contributed by atoms with van der Waals surface area (Å²) in [6, 6.07) is 8.97. The Labute approximate surface area is 179 Å². The molecule has 1 amide bonds. The first-order valence-corrected chi connectivity index (χ1v) is 10.5. The van der Waals surface area contributed by atoms with Gasteiger partial charge in [0.15, 0.2) is 0 Å². The number of aryl methyl sites for hydroxylation is 2. The standard InChI is InChI=1S/C23H24ClN3O3/c1-14-3-6-25-21(9-14)26-23(29)16-4-7-27(8-5-16)13-17-11-22(28)30-20-10-15(2)19(24)12-18(17)20/h3,6,9-12,16H,4-5,7-8,13H2,1-2H3,(H,25,26,29). The Balaban J connectivity index is 1.42. The van der Waals surface area contributed by atoms with Crippen molar-refractivity contribution < 1.29 is 9.21 Å². The monoisotopic (exact) mass is 425 g/mol. The molecule has 1 N–H and O–H groups in total. The normalized spacial score (nSPS) is 15.4. The Bertz CT molecular complexity index is 1150. The third kappa shape index (κ3) is 4.55. The van der Waals surface area contributed by atoms with Crippen LogP contribution in [0.4, 0.5) is 5.82 Å². The van der Waals surface area contributed by atoms with E-state index in [4.69, 9.17) is 16.0 Å². The van der Waals surface area contributed by atoms with Gasteiger partial charge >= 0.3 is 5.63 Å². The molecule has 2 aromatic heterocycles. The number of likely N-dealkylation sites (tertiary alicyclic amines) is 1. The van der Waals surface area contributed by atoms with E-state index in [1.165, 1.54) is 6.07 Å². The molecule has 0 atom stereocenters. The number of halogens is 1. The number of carbonyl (C=O) groups excluding carboxylic acids is 1. The van der Waals surface area contributed by atoms with Gasteiger partial charge in [0.25, 0.3) is 0 Å². The highest BCUT2D eigenvalue weighted by Gasteiger charge is 2.26. The minimum Gasteiger partial charge on any atom is -0.423 e. The maximum atomic E-state index is 12.6. The lowest BCUT2D eigenvalue weighted by molar-refractivity contribution is -0.121. The molecule has 0 unspecified atom stereocenters. The number of carbonyl (C=O) groups is 1. The highest BCUT2D eigenvalue weighted by atomic mass is 35.5. The Morgan fingerprint density at radius 3 is 2.73 bits per heavy atom. The maximum Gasteiger partial charge on any atom is 0.336 e. The van der Waals surface area contributed by atoms with E-state index in [9.17, 15) is 9.59 Å². The van der Waals surface area contributed by atoms with E-state index in [0.717, 1.165) is 48.0 Å². The number of aromatic nitrogens is 1. The molecule has 0 spiro atoms. The first kappa shape index (κ1) is 20.6. The number of hydrogen-bond acceptors (Lipinski definition) is 5. The molecule has 1 aromatic carbocycles. The van der Waals surface area contributed by atoms with Crippen LogP contribution in [-0.2, 0) is 11.3 Å². The van der Waals surface area contributed by atoms with Crippen molar-refractivity contribution in [1.29, 1.82) is 0 Å². The molecule has 30 heavy (non-hydrogen) atoms. The predicted octanol–water partition coefficient (Wildman–Crippen LogP) is 4.31. The van der Waals surface area contributed by atoms with Crippen LogP contribution < -0.4 is 10.9 Å². The smallest absolute Gasteiger partial charge is 0.336 e. The fourth-order valence-electron chi connectivity index (χ4n) is 3.91. The van der Waals surface area contributed by atoms with Crippen LogP contribution in [0.2, 0.25) is 5.02 Å². The Kier molecular flexibility index (Phi) is 5.88. The van der Waals surface area contributed by atoms with E-state index in [1.807, 2.05) is 32.0 Å². The van der Waals surface area contributed by atoms with Crippen LogP contribution in [0.3, 0.4) is 0 Å². The van der Waals surface area contributed by atoms with Gasteiger partial charge < -0.3 is 9.73 Å². The number of nitrogens with zero attached hydrogens (tertiary/aromatic N) is 2. The van der Waals surface area contributed by atoms with Crippen LogP contribution in [0, 0.1) is 19.8 Å². The lowest BCUT2D eigenvalue weighted by atomic mass is 9.95. The third-order valence-electron chi connectivity index (χ3n) is 5.63. The van der Waals surface area contributed by atoms with Gasteiger partial charge in [-0.2, -0.15) is 0 Å². The summed E-state index contributed by atoms with van der Waals surface area (Å²) in [5, 5.41) is 4.43. The second-order valence-corrected chi connectivity index (χ2v) is 8.35. The van der Waals surface area contributed by atoms with Gasteiger partial charge in [-0.25, -0.2) is 9.78 Å². The van der Waals surface area contributed by atoms with Crippen molar-refractivity contribution in [3.8, 4) is 0 Å². The van der Waals surface area contributed by atoms with Gasteiger partial charge in [0.05, 0.1) is 0 Å². The molecular formula is C23H24ClN3O3. The topological polar surface area (TPSA) is 75.4 Å². The van der Waals surface area contributed by atoms with E-state index < -0.39 is 0 Å². The van der Waals surface area contributed by atoms with E-state index >= 15 is 0 Å². The zero-order valence-electron chi connectivity index (χ0n) is 17.1. The largest absolute Gasteiger partial charge is 0.423 e. The SMILES string of the molecule is Cc1ccnc(NC(=O)C2CCN(Cc3cc(=O)oc4cc(C)c(Cl)cc34)CC2)c1. The number of pyridine rings is 1. The molecule has 3 heterocycles. The number of fused-ring (bicyclic) bond motifs is 1. The number of nitrogens with one attached hydrogen (secondary N) is 1. The summed E-state index contributed by atoms with van der Waals surface area (Å²) >= 11 is 6.29. The summed E-state index contributed by atoms with van der Waals surface area (Å²) in [7, 11) is 0. The van der Waals surface area contributed by atoms with Crippen molar-refractivity contribution in [3.63, 3.8) is 0 Å². The van der Waals surface area contributed by atoms with Crippen molar-refractivity contribution >= 4 is 34.3 Å². The lowest BCUT2D eigenvalue weighted by Gasteiger charge is -2.31. The number of amides is 1. The van der Waals surface area contributed by atoms with E-state index in [2.05, 4.69) is 15.2 Å². The van der Waals surface area contributed by atoms with Crippen LogP contribution in [0.5, 0.6) is 0 Å². The summed E-state index contributed by atoms with van der Waals surface area (Å²) in [6.07, 6.45) is 3.22. The Morgan fingerprint density at radius 1 is 1.23 bits per heavy atom. The van der Waals surface area contributed by atoms with Crippen molar-refractivity contribution in [2.75, 3.05) is 18.4 Å². The highest BCUT2D eigenvalue weighted by Crippen LogP contribution is 2.27. The number of piperidine rings is 1. The van der Waals surface area contributed by atoms with Gasteiger partial charge in [0.1, 0.15) is 11.4 Å². The first-order valence-electron chi connectivity index (χ1n) is 10.1. The highest BCUT2D eigenvalue weighted by molar-refractivity contribution is 6.32. The molecule has 0 saturated carbocycles. The molecule has 1 aliphatic heterocycles.